The Morgan fingerprint density at radius 3 is 2.43 bits per heavy atom. The summed E-state index contributed by atoms with van der Waals surface area (Å²) in [6.45, 7) is 0.567. The number of carbonyl (C=O) groups excluding carboxylic acids is 2. The van der Waals surface area contributed by atoms with Crippen LogP contribution >= 0.6 is 0 Å². The van der Waals surface area contributed by atoms with Gasteiger partial charge in [-0.2, -0.15) is 0 Å². The maximum Gasteiger partial charge on any atom is 0.293 e. The van der Waals surface area contributed by atoms with Gasteiger partial charge in [0.25, 0.3) is 6.47 Å². The summed E-state index contributed by atoms with van der Waals surface area (Å²) >= 11 is 0. The Morgan fingerprint density at radius 1 is 1.21 bits per heavy atom. The van der Waals surface area contributed by atoms with Crippen molar-refractivity contribution >= 4 is 12.3 Å². The lowest BCUT2D eigenvalue weighted by molar-refractivity contribution is -0.178. The predicted octanol–water partition coefficient (Wildman–Crippen LogP) is 1.31. The van der Waals surface area contributed by atoms with Crippen molar-refractivity contribution in [2.45, 2.75) is 37.7 Å². The van der Waals surface area contributed by atoms with Crippen LogP contribution in [0.2, 0.25) is 0 Å². The Kier molecular flexibility index (Phi) is 1.56. The van der Waals surface area contributed by atoms with Crippen LogP contribution in [-0.2, 0) is 14.3 Å². The molecule has 0 spiro atoms. The second kappa shape index (κ2) is 2.59. The number of rotatable bonds is 2. The number of ether oxygens (including phenoxy) is 1. The number of hydrogen-bond acceptors (Lipinski definition) is 3. The SMILES string of the molecule is O=COC12CC3CC(C1)C(=O)C(C3)C2. The molecule has 4 saturated carbocycles. The second-order valence-corrected chi connectivity index (χ2v) is 5.14. The summed E-state index contributed by atoms with van der Waals surface area (Å²) in [5.41, 5.74) is -0.258. The van der Waals surface area contributed by atoms with E-state index in [4.69, 9.17) is 4.74 Å². The molecule has 0 saturated heterocycles. The van der Waals surface area contributed by atoms with Crippen molar-refractivity contribution in [2.75, 3.05) is 0 Å². The minimum atomic E-state index is -0.258. The molecule has 0 amide bonds. The van der Waals surface area contributed by atoms with E-state index in [0.29, 0.717) is 18.2 Å². The molecule has 0 aromatic rings. The van der Waals surface area contributed by atoms with E-state index in [9.17, 15) is 9.59 Å². The van der Waals surface area contributed by atoms with Gasteiger partial charge in [0, 0.05) is 11.8 Å². The summed E-state index contributed by atoms with van der Waals surface area (Å²) in [5.74, 6) is 1.46. The highest BCUT2D eigenvalue weighted by molar-refractivity contribution is 5.86. The van der Waals surface area contributed by atoms with Gasteiger partial charge in [-0.15, -0.1) is 0 Å². The number of hydrogen-bond donors (Lipinski definition) is 0. The van der Waals surface area contributed by atoms with Crippen molar-refractivity contribution in [1.29, 1.82) is 0 Å². The van der Waals surface area contributed by atoms with E-state index in [1.807, 2.05) is 0 Å². The van der Waals surface area contributed by atoms with Crippen molar-refractivity contribution < 1.29 is 14.3 Å². The Balaban J connectivity index is 1.92. The van der Waals surface area contributed by atoms with Crippen LogP contribution in [0.25, 0.3) is 0 Å². The Labute approximate surface area is 82.8 Å². The van der Waals surface area contributed by atoms with Crippen molar-refractivity contribution in [2.24, 2.45) is 17.8 Å². The maximum atomic E-state index is 11.8. The minimum Gasteiger partial charge on any atom is -0.461 e. The quantitative estimate of drug-likeness (QED) is 0.622. The topological polar surface area (TPSA) is 43.4 Å². The molecule has 4 aliphatic rings. The molecule has 0 aliphatic heterocycles. The molecule has 0 N–H and O–H groups in total. The van der Waals surface area contributed by atoms with Crippen LogP contribution in [0.15, 0.2) is 0 Å². The molecule has 76 valence electrons. The first-order valence-corrected chi connectivity index (χ1v) is 5.38. The lowest BCUT2D eigenvalue weighted by Gasteiger charge is -2.54. The lowest BCUT2D eigenvalue weighted by atomic mass is 9.53. The van der Waals surface area contributed by atoms with E-state index in [1.165, 1.54) is 0 Å². The van der Waals surface area contributed by atoms with Crippen LogP contribution in [0.1, 0.15) is 32.1 Å². The van der Waals surface area contributed by atoms with E-state index < -0.39 is 0 Å². The van der Waals surface area contributed by atoms with Crippen molar-refractivity contribution in [3.05, 3.63) is 0 Å². The fourth-order valence-electron chi connectivity index (χ4n) is 3.92. The van der Waals surface area contributed by atoms with E-state index >= 15 is 0 Å². The molecule has 4 fully saturated rings. The average molecular weight is 194 g/mol. The zero-order valence-electron chi connectivity index (χ0n) is 8.07. The molecule has 0 aromatic heterocycles. The van der Waals surface area contributed by atoms with Crippen LogP contribution in [0.5, 0.6) is 0 Å². The van der Waals surface area contributed by atoms with Gasteiger partial charge < -0.3 is 4.74 Å². The van der Waals surface area contributed by atoms with Crippen LogP contribution in [0.4, 0.5) is 0 Å². The minimum absolute atomic E-state index is 0.196. The van der Waals surface area contributed by atoms with Gasteiger partial charge in [0.15, 0.2) is 0 Å². The molecule has 4 bridgehead atoms. The number of carbonyl (C=O) groups is 2. The van der Waals surface area contributed by atoms with Gasteiger partial charge in [0.2, 0.25) is 0 Å². The molecular weight excluding hydrogens is 180 g/mol. The summed E-state index contributed by atoms with van der Waals surface area (Å²) in [5, 5.41) is 0. The third-order valence-electron chi connectivity index (χ3n) is 4.24. The lowest BCUT2D eigenvalue weighted by Crippen LogP contribution is -2.56. The van der Waals surface area contributed by atoms with E-state index in [0.717, 1.165) is 32.1 Å². The third-order valence-corrected chi connectivity index (χ3v) is 4.24. The first-order valence-electron chi connectivity index (χ1n) is 5.38. The van der Waals surface area contributed by atoms with Crippen molar-refractivity contribution in [1.82, 2.24) is 0 Å². The molecule has 4 aliphatic carbocycles. The first kappa shape index (κ1) is 8.45. The van der Waals surface area contributed by atoms with E-state index in [2.05, 4.69) is 0 Å². The van der Waals surface area contributed by atoms with Gasteiger partial charge in [-0.1, -0.05) is 0 Å². The van der Waals surface area contributed by atoms with E-state index in [1.54, 1.807) is 0 Å². The third kappa shape index (κ3) is 0.983. The normalized spacial score (nSPS) is 49.4. The van der Waals surface area contributed by atoms with Gasteiger partial charge in [0.05, 0.1) is 0 Å². The molecule has 3 heteroatoms. The van der Waals surface area contributed by atoms with Gasteiger partial charge in [-0.05, 0) is 38.0 Å². The summed E-state index contributed by atoms with van der Waals surface area (Å²) in [6, 6.07) is 0. The monoisotopic (exact) mass is 194 g/mol. The van der Waals surface area contributed by atoms with Crippen molar-refractivity contribution in [3.63, 3.8) is 0 Å². The largest absolute Gasteiger partial charge is 0.461 e. The zero-order chi connectivity index (χ0) is 9.76. The van der Waals surface area contributed by atoms with Gasteiger partial charge in [0.1, 0.15) is 11.4 Å². The highest BCUT2D eigenvalue weighted by Crippen LogP contribution is 2.55. The highest BCUT2D eigenvalue weighted by Gasteiger charge is 2.56. The van der Waals surface area contributed by atoms with Gasteiger partial charge >= 0.3 is 0 Å². The summed E-state index contributed by atoms with van der Waals surface area (Å²) in [7, 11) is 0. The fourth-order valence-corrected chi connectivity index (χ4v) is 3.92. The van der Waals surface area contributed by atoms with Crippen LogP contribution in [0, 0.1) is 17.8 Å². The van der Waals surface area contributed by atoms with Crippen LogP contribution in [-0.4, -0.2) is 17.9 Å². The Hall–Kier alpha value is -0.860. The standard InChI is InChI=1S/C11H14O3/c12-6-14-11-3-7-1-8(4-11)10(13)9(2-7)5-11/h6-9H,1-5H2. The zero-order valence-corrected chi connectivity index (χ0v) is 8.07. The number of Topliss-reactive ketones (excluding diaryl/α,β-unsaturated/α-hetero) is 1. The fraction of sp³-hybridized carbons (Fsp3) is 0.818. The van der Waals surface area contributed by atoms with Crippen molar-refractivity contribution in [3.8, 4) is 0 Å². The Morgan fingerprint density at radius 2 is 1.86 bits per heavy atom. The van der Waals surface area contributed by atoms with Crippen LogP contribution < -0.4 is 0 Å². The van der Waals surface area contributed by atoms with E-state index in [-0.39, 0.29) is 17.4 Å². The van der Waals surface area contributed by atoms with Crippen LogP contribution in [0.3, 0.4) is 0 Å². The molecule has 14 heavy (non-hydrogen) atoms. The summed E-state index contributed by atoms with van der Waals surface area (Å²) in [4.78, 5) is 22.2. The van der Waals surface area contributed by atoms with Gasteiger partial charge in [-0.25, -0.2) is 0 Å². The molecule has 0 heterocycles. The van der Waals surface area contributed by atoms with Gasteiger partial charge in [-0.3, -0.25) is 9.59 Å². The predicted molar refractivity (Wildman–Crippen MR) is 48.4 cm³/mol. The molecule has 2 unspecified atom stereocenters. The molecule has 2 atom stereocenters. The second-order valence-electron chi connectivity index (χ2n) is 5.14. The average Bonchev–Trinajstić information content (AvgIpc) is 2.12. The molecule has 3 nitrogen and oxygen atoms in total. The number of ketones is 1. The smallest absolute Gasteiger partial charge is 0.293 e. The Bertz CT molecular complexity index is 279. The summed E-state index contributed by atoms with van der Waals surface area (Å²) < 4.78 is 5.26. The summed E-state index contributed by atoms with van der Waals surface area (Å²) in [6.07, 6.45) is 4.65. The molecule has 4 rings (SSSR count). The molecular formula is C11H14O3. The maximum absolute atomic E-state index is 11.8. The first-order chi connectivity index (χ1) is 6.72. The molecule has 0 aromatic carbocycles. The molecule has 0 radical (unpaired) electrons. The highest BCUT2D eigenvalue weighted by atomic mass is 16.5.